The number of aromatic nitrogens is 1. The number of amides is 2. The first-order chi connectivity index (χ1) is 10.6. The maximum absolute atomic E-state index is 12.4. The molecule has 0 aliphatic rings. The molecule has 0 bridgehead atoms. The molecule has 23 heavy (non-hydrogen) atoms. The molecule has 0 aliphatic heterocycles. The Morgan fingerprint density at radius 1 is 1.26 bits per heavy atom. The largest absolute Gasteiger partial charge is 0.383 e. The van der Waals surface area contributed by atoms with Crippen LogP contribution in [0.15, 0.2) is 4.52 Å². The van der Waals surface area contributed by atoms with Crippen LogP contribution in [0.4, 0.5) is 5.88 Å². The second kappa shape index (κ2) is 7.59. The number of carbonyl (C=O) groups excluding carboxylic acids is 2. The van der Waals surface area contributed by atoms with Gasteiger partial charge in [0.25, 0.3) is 0 Å². The predicted molar refractivity (Wildman–Crippen MR) is 86.9 cm³/mol. The van der Waals surface area contributed by atoms with Gasteiger partial charge in [0.1, 0.15) is 12.1 Å². The van der Waals surface area contributed by atoms with E-state index in [0.29, 0.717) is 18.5 Å². The van der Waals surface area contributed by atoms with Crippen LogP contribution in [0.25, 0.3) is 0 Å². The number of aliphatic hydroxyl groups is 1. The Morgan fingerprint density at radius 2 is 1.87 bits per heavy atom. The minimum Gasteiger partial charge on any atom is -0.383 e. The van der Waals surface area contributed by atoms with Crippen LogP contribution >= 0.6 is 0 Å². The molecule has 2 unspecified atom stereocenters. The first kappa shape index (κ1) is 19.2. The Bertz CT molecular complexity index is 560. The van der Waals surface area contributed by atoms with E-state index >= 15 is 0 Å². The van der Waals surface area contributed by atoms with Crippen molar-refractivity contribution in [2.75, 3.05) is 5.32 Å². The van der Waals surface area contributed by atoms with Crippen molar-refractivity contribution < 1.29 is 19.2 Å². The number of aliphatic hydroxyl groups excluding tert-OH is 1. The van der Waals surface area contributed by atoms with Gasteiger partial charge in [0, 0.05) is 5.56 Å². The van der Waals surface area contributed by atoms with Crippen LogP contribution in [0.5, 0.6) is 0 Å². The number of carbonyl (C=O) groups is 2. The number of rotatable bonds is 6. The van der Waals surface area contributed by atoms with E-state index in [9.17, 15) is 14.7 Å². The van der Waals surface area contributed by atoms with Gasteiger partial charge in [0.15, 0.2) is 0 Å². The van der Waals surface area contributed by atoms with Crippen molar-refractivity contribution in [2.45, 2.75) is 66.5 Å². The lowest BCUT2D eigenvalue weighted by Crippen LogP contribution is -2.50. The van der Waals surface area contributed by atoms with E-state index < -0.39 is 23.5 Å². The van der Waals surface area contributed by atoms with Crippen molar-refractivity contribution >= 4 is 17.7 Å². The number of aryl methyl sites for hydroxylation is 1. The summed E-state index contributed by atoms with van der Waals surface area (Å²) in [5.74, 6) is -0.670. The smallest absolute Gasteiger partial charge is 0.250 e. The van der Waals surface area contributed by atoms with Gasteiger partial charge < -0.3 is 14.9 Å². The van der Waals surface area contributed by atoms with Crippen LogP contribution < -0.4 is 10.6 Å². The summed E-state index contributed by atoms with van der Waals surface area (Å²) in [6.45, 7) is 10.8. The molecular formula is C16H27N3O4. The number of nitrogens with one attached hydrogen (secondary N) is 2. The fourth-order valence-electron chi connectivity index (χ4n) is 1.93. The van der Waals surface area contributed by atoms with Crippen molar-refractivity contribution in [2.24, 2.45) is 5.41 Å². The van der Waals surface area contributed by atoms with Crippen LogP contribution in [-0.2, 0) is 9.59 Å². The summed E-state index contributed by atoms with van der Waals surface area (Å²) in [4.78, 5) is 24.5. The molecule has 0 aromatic carbocycles. The SMILES string of the molecule is CCCC(NC(=O)C(O)C(C)(C)C)C(=O)Nc1onc(C)c1C. The van der Waals surface area contributed by atoms with Crippen molar-refractivity contribution in [3.63, 3.8) is 0 Å². The fraction of sp³-hybridized carbons (Fsp3) is 0.688. The standard InChI is InChI=1S/C16H27N3O4/c1-7-8-11(17-14(22)12(20)16(4,5)6)13(21)18-15-9(2)10(3)19-23-15/h11-12,20H,7-8H2,1-6H3,(H,17,22)(H,18,21). The fourth-order valence-corrected chi connectivity index (χ4v) is 1.93. The Labute approximate surface area is 136 Å². The molecule has 0 saturated carbocycles. The summed E-state index contributed by atoms with van der Waals surface area (Å²) in [5, 5.41) is 19.0. The van der Waals surface area contributed by atoms with Crippen molar-refractivity contribution in [3.05, 3.63) is 11.3 Å². The van der Waals surface area contributed by atoms with E-state index in [-0.39, 0.29) is 11.8 Å². The lowest BCUT2D eigenvalue weighted by atomic mass is 9.88. The summed E-state index contributed by atoms with van der Waals surface area (Å²) in [5.41, 5.74) is 0.838. The third kappa shape index (κ3) is 5.06. The van der Waals surface area contributed by atoms with E-state index in [1.165, 1.54) is 0 Å². The Hall–Kier alpha value is -1.89. The van der Waals surface area contributed by atoms with Crippen LogP contribution in [0.3, 0.4) is 0 Å². The highest BCUT2D eigenvalue weighted by Gasteiger charge is 2.32. The van der Waals surface area contributed by atoms with Gasteiger partial charge in [-0.05, 0) is 25.7 Å². The highest BCUT2D eigenvalue weighted by atomic mass is 16.5. The van der Waals surface area contributed by atoms with Crippen LogP contribution in [0, 0.1) is 19.3 Å². The predicted octanol–water partition coefficient (Wildman–Crippen LogP) is 1.92. The molecule has 0 aliphatic carbocycles. The Morgan fingerprint density at radius 3 is 2.30 bits per heavy atom. The van der Waals surface area contributed by atoms with Crippen molar-refractivity contribution in [1.82, 2.24) is 10.5 Å². The number of anilines is 1. The molecule has 1 aromatic heterocycles. The monoisotopic (exact) mass is 325 g/mol. The van der Waals surface area contributed by atoms with Gasteiger partial charge in [-0.2, -0.15) is 0 Å². The molecule has 2 atom stereocenters. The molecule has 1 heterocycles. The molecule has 130 valence electrons. The molecule has 0 spiro atoms. The lowest BCUT2D eigenvalue weighted by Gasteiger charge is -2.26. The number of hydrogen-bond donors (Lipinski definition) is 3. The second-order valence-corrected chi connectivity index (χ2v) is 6.83. The molecule has 0 saturated heterocycles. The van der Waals surface area contributed by atoms with Crippen LogP contribution in [0.1, 0.15) is 51.8 Å². The first-order valence-electron chi connectivity index (χ1n) is 7.80. The minimum absolute atomic E-state index is 0.277. The second-order valence-electron chi connectivity index (χ2n) is 6.83. The average molecular weight is 325 g/mol. The third-order valence-corrected chi connectivity index (χ3v) is 3.67. The lowest BCUT2D eigenvalue weighted by molar-refractivity contribution is -0.137. The molecule has 1 rings (SSSR count). The van der Waals surface area contributed by atoms with E-state index in [1.807, 2.05) is 6.92 Å². The van der Waals surface area contributed by atoms with Gasteiger partial charge >= 0.3 is 0 Å². The zero-order chi connectivity index (χ0) is 17.8. The highest BCUT2D eigenvalue weighted by molar-refractivity contribution is 5.97. The minimum atomic E-state index is -1.19. The molecule has 2 amide bonds. The summed E-state index contributed by atoms with van der Waals surface area (Å²) in [7, 11) is 0. The normalized spacial score (nSPS) is 14.2. The van der Waals surface area contributed by atoms with Crippen LogP contribution in [0.2, 0.25) is 0 Å². The van der Waals surface area contributed by atoms with Gasteiger partial charge in [0.05, 0.1) is 5.69 Å². The number of hydrogen-bond acceptors (Lipinski definition) is 5. The van der Waals surface area contributed by atoms with Gasteiger partial charge in [-0.15, -0.1) is 0 Å². The summed E-state index contributed by atoms with van der Waals surface area (Å²) in [6.07, 6.45) is -0.0251. The van der Waals surface area contributed by atoms with Gasteiger partial charge in [-0.3, -0.25) is 14.9 Å². The summed E-state index contributed by atoms with van der Waals surface area (Å²) < 4.78 is 5.06. The van der Waals surface area contributed by atoms with E-state index in [1.54, 1.807) is 34.6 Å². The third-order valence-electron chi connectivity index (χ3n) is 3.67. The summed E-state index contributed by atoms with van der Waals surface area (Å²) in [6, 6.07) is -0.741. The van der Waals surface area contributed by atoms with Gasteiger partial charge in [0.2, 0.25) is 17.7 Å². The first-order valence-corrected chi connectivity index (χ1v) is 7.80. The Kier molecular flexibility index (Phi) is 6.32. The van der Waals surface area contributed by atoms with Gasteiger partial charge in [-0.1, -0.05) is 39.3 Å². The van der Waals surface area contributed by atoms with E-state index in [2.05, 4.69) is 15.8 Å². The van der Waals surface area contributed by atoms with E-state index in [4.69, 9.17) is 4.52 Å². The zero-order valence-corrected chi connectivity index (χ0v) is 14.7. The zero-order valence-electron chi connectivity index (χ0n) is 14.7. The van der Waals surface area contributed by atoms with Crippen LogP contribution in [-0.4, -0.2) is 34.2 Å². The van der Waals surface area contributed by atoms with Gasteiger partial charge in [-0.25, -0.2) is 0 Å². The average Bonchev–Trinajstić information content (AvgIpc) is 2.76. The molecule has 3 N–H and O–H groups in total. The van der Waals surface area contributed by atoms with Crippen molar-refractivity contribution in [1.29, 1.82) is 0 Å². The summed E-state index contributed by atoms with van der Waals surface area (Å²) >= 11 is 0. The molecule has 0 radical (unpaired) electrons. The highest BCUT2D eigenvalue weighted by Crippen LogP contribution is 2.20. The molecule has 1 aromatic rings. The molecule has 7 heteroatoms. The quantitative estimate of drug-likeness (QED) is 0.741. The van der Waals surface area contributed by atoms with Crippen molar-refractivity contribution in [3.8, 4) is 0 Å². The topological polar surface area (TPSA) is 104 Å². The maximum atomic E-state index is 12.4. The Balaban J connectivity index is 2.79. The maximum Gasteiger partial charge on any atom is 0.250 e. The van der Waals surface area contributed by atoms with E-state index in [0.717, 1.165) is 5.56 Å². The molecule has 7 nitrogen and oxygen atoms in total. The number of nitrogens with zero attached hydrogens (tertiary/aromatic N) is 1. The molecule has 0 fully saturated rings. The molecular weight excluding hydrogens is 298 g/mol.